The molecule has 0 aliphatic carbocycles. The molecule has 0 aliphatic rings. The molecule has 2 N–H and O–H groups in total. The number of aromatic amines is 1. The maximum absolute atomic E-state index is 14.0. The molecule has 0 unspecified atom stereocenters. The first kappa shape index (κ1) is 19.1. The molecule has 1 amide bonds. The van der Waals surface area contributed by atoms with Crippen LogP contribution in [0.5, 0.6) is 0 Å². The summed E-state index contributed by atoms with van der Waals surface area (Å²) in [5, 5.41) is 11.2. The molecule has 1 aromatic carbocycles. The van der Waals surface area contributed by atoms with E-state index in [1.54, 1.807) is 6.07 Å². The Kier molecular flexibility index (Phi) is 5.13. The lowest BCUT2D eigenvalue weighted by Crippen LogP contribution is -2.31. The molecule has 0 aliphatic heterocycles. The summed E-state index contributed by atoms with van der Waals surface area (Å²) in [6, 6.07) is 4.75. The number of nitriles is 1. The zero-order valence-corrected chi connectivity index (χ0v) is 14.5. The van der Waals surface area contributed by atoms with Crippen LogP contribution in [0, 0.1) is 28.8 Å². The van der Waals surface area contributed by atoms with Crippen molar-refractivity contribution in [2.45, 2.75) is 19.4 Å². The number of hydrogen-bond donors (Lipinski definition) is 2. The molecule has 0 fully saturated rings. The molecule has 0 bridgehead atoms. The molecular formula is C19H17F3N4O2. The summed E-state index contributed by atoms with van der Waals surface area (Å²) < 4.78 is 41.1. The van der Waals surface area contributed by atoms with Gasteiger partial charge in [0, 0.05) is 26.1 Å². The van der Waals surface area contributed by atoms with Crippen LogP contribution >= 0.6 is 0 Å². The third kappa shape index (κ3) is 3.86. The number of aromatic nitrogens is 2. The molecule has 3 aromatic rings. The fourth-order valence-electron chi connectivity index (χ4n) is 2.77. The Balaban J connectivity index is 0.00000225. The number of H-pyrrole nitrogens is 1. The summed E-state index contributed by atoms with van der Waals surface area (Å²) in [6.45, 7) is 1.49. The van der Waals surface area contributed by atoms with E-state index in [1.807, 2.05) is 0 Å². The molecule has 0 saturated heterocycles. The van der Waals surface area contributed by atoms with E-state index < -0.39 is 41.4 Å². The maximum atomic E-state index is 14.0. The van der Waals surface area contributed by atoms with E-state index in [1.165, 1.54) is 19.2 Å². The average Bonchev–Trinajstić information content (AvgIpc) is 2.62. The predicted molar refractivity (Wildman–Crippen MR) is 97.9 cm³/mol. The van der Waals surface area contributed by atoms with Gasteiger partial charge in [-0.2, -0.15) is 5.26 Å². The van der Waals surface area contributed by atoms with Crippen molar-refractivity contribution in [3.8, 4) is 6.07 Å². The molecule has 0 saturated carbocycles. The molecule has 3 rings (SSSR count). The monoisotopic (exact) mass is 390 g/mol. The minimum absolute atomic E-state index is 0. The number of carbonyl (C=O) groups excluding carboxylic acids is 1. The minimum Gasteiger partial charge on any atom is -0.348 e. The third-order valence-corrected chi connectivity index (χ3v) is 4.09. The normalized spacial score (nSPS) is 11.8. The quantitative estimate of drug-likeness (QED) is 0.715. The highest BCUT2D eigenvalue weighted by Gasteiger charge is 2.17. The lowest BCUT2D eigenvalue weighted by Gasteiger charge is -2.14. The van der Waals surface area contributed by atoms with Gasteiger partial charge in [0.05, 0.1) is 29.2 Å². The number of nitrogens with one attached hydrogen (secondary N) is 2. The fourth-order valence-corrected chi connectivity index (χ4v) is 2.77. The van der Waals surface area contributed by atoms with Crippen LogP contribution in [0.2, 0.25) is 0 Å². The highest BCUT2D eigenvalue weighted by atomic mass is 19.1. The average molecular weight is 390 g/mol. The Labute approximate surface area is 159 Å². The van der Waals surface area contributed by atoms with Gasteiger partial charge >= 0.3 is 0 Å². The summed E-state index contributed by atoms with van der Waals surface area (Å²) in [4.78, 5) is 30.5. The van der Waals surface area contributed by atoms with Gasteiger partial charge in [-0.05, 0) is 25.1 Å². The molecule has 0 spiro atoms. The van der Waals surface area contributed by atoms with Gasteiger partial charge in [-0.15, -0.1) is 0 Å². The largest absolute Gasteiger partial charge is 0.348 e. The van der Waals surface area contributed by atoms with Gasteiger partial charge in [-0.25, -0.2) is 13.2 Å². The second-order valence-corrected chi connectivity index (χ2v) is 6.14. The standard InChI is InChI=1S/C19H13F3N4O2.2H2/c1-9(18-15(22)2-10(7-23)8-24-18)25-17(27)4-11-3-13-14(21)5-12(20)6-16(13)26-19(11)28;;/h2-3,5-6,8-9H,4H2,1H3,(H,25,27)(H,26,28);2*1H/t9-;;/m1../s1. The Morgan fingerprint density at radius 3 is 2.71 bits per heavy atom. The number of amides is 1. The number of halogens is 3. The van der Waals surface area contributed by atoms with Crippen molar-refractivity contribution in [3.63, 3.8) is 0 Å². The number of pyridine rings is 2. The van der Waals surface area contributed by atoms with Crippen LogP contribution in [0.25, 0.3) is 10.9 Å². The second-order valence-electron chi connectivity index (χ2n) is 6.14. The summed E-state index contributed by atoms with van der Waals surface area (Å²) in [6.07, 6.45) is 0.779. The van der Waals surface area contributed by atoms with E-state index in [4.69, 9.17) is 5.26 Å². The Bertz CT molecular complexity index is 1190. The van der Waals surface area contributed by atoms with Crippen molar-refractivity contribution < 1.29 is 20.8 Å². The van der Waals surface area contributed by atoms with Gasteiger partial charge in [0.25, 0.3) is 5.56 Å². The van der Waals surface area contributed by atoms with Gasteiger partial charge < -0.3 is 10.3 Å². The molecule has 6 nitrogen and oxygen atoms in total. The Hall–Kier alpha value is -3.67. The molecule has 0 radical (unpaired) electrons. The van der Waals surface area contributed by atoms with Crippen LogP contribution in [0.1, 0.15) is 32.6 Å². The number of fused-ring (bicyclic) bond motifs is 1. The van der Waals surface area contributed by atoms with Crippen molar-refractivity contribution in [1.82, 2.24) is 15.3 Å². The van der Waals surface area contributed by atoms with Gasteiger partial charge in [0.1, 0.15) is 23.5 Å². The van der Waals surface area contributed by atoms with Crippen LogP contribution in [0.15, 0.2) is 35.3 Å². The van der Waals surface area contributed by atoms with Crippen molar-refractivity contribution in [3.05, 3.63) is 75.1 Å². The predicted octanol–water partition coefficient (Wildman–Crippen LogP) is 3.12. The number of benzene rings is 1. The second kappa shape index (κ2) is 7.52. The lowest BCUT2D eigenvalue weighted by molar-refractivity contribution is -0.121. The van der Waals surface area contributed by atoms with Crippen LogP contribution in [-0.2, 0) is 11.2 Å². The summed E-state index contributed by atoms with van der Waals surface area (Å²) in [7, 11) is 0. The first-order chi connectivity index (χ1) is 13.3. The zero-order valence-electron chi connectivity index (χ0n) is 14.5. The van der Waals surface area contributed by atoms with E-state index in [9.17, 15) is 22.8 Å². The van der Waals surface area contributed by atoms with Crippen molar-refractivity contribution in [1.29, 1.82) is 5.26 Å². The molecule has 1 atom stereocenters. The van der Waals surface area contributed by atoms with E-state index in [0.29, 0.717) is 6.07 Å². The van der Waals surface area contributed by atoms with E-state index in [-0.39, 0.29) is 30.6 Å². The highest BCUT2D eigenvalue weighted by Crippen LogP contribution is 2.18. The SMILES string of the molecule is C[C@@H](NC(=O)Cc1cc2c(F)cc(F)cc2[nH]c1=O)c1ncc(C#N)cc1F.[HH].[HH]. The summed E-state index contributed by atoms with van der Waals surface area (Å²) >= 11 is 0. The summed E-state index contributed by atoms with van der Waals surface area (Å²) in [5.41, 5.74) is -0.745. The zero-order chi connectivity index (χ0) is 20.4. The van der Waals surface area contributed by atoms with E-state index in [2.05, 4.69) is 15.3 Å². The van der Waals surface area contributed by atoms with Gasteiger partial charge in [0.2, 0.25) is 5.91 Å². The topological polar surface area (TPSA) is 98.6 Å². The minimum atomic E-state index is -0.870. The van der Waals surface area contributed by atoms with Gasteiger partial charge in [-0.3, -0.25) is 14.6 Å². The third-order valence-electron chi connectivity index (χ3n) is 4.09. The fraction of sp³-hybridized carbons (Fsp3) is 0.158. The van der Waals surface area contributed by atoms with Crippen LogP contribution in [-0.4, -0.2) is 15.9 Å². The van der Waals surface area contributed by atoms with Crippen LogP contribution in [0.3, 0.4) is 0 Å². The summed E-state index contributed by atoms with van der Waals surface area (Å²) in [5.74, 6) is -3.08. The highest BCUT2D eigenvalue weighted by molar-refractivity contribution is 5.83. The Morgan fingerprint density at radius 1 is 1.29 bits per heavy atom. The Morgan fingerprint density at radius 2 is 2.04 bits per heavy atom. The van der Waals surface area contributed by atoms with E-state index >= 15 is 0 Å². The lowest BCUT2D eigenvalue weighted by atomic mass is 10.1. The number of rotatable bonds is 4. The number of nitrogens with zero attached hydrogens (tertiary/aromatic N) is 2. The van der Waals surface area contributed by atoms with Crippen LogP contribution in [0.4, 0.5) is 13.2 Å². The molecular weight excluding hydrogens is 373 g/mol. The molecule has 2 heterocycles. The maximum Gasteiger partial charge on any atom is 0.252 e. The van der Waals surface area contributed by atoms with Gasteiger partial charge in [-0.1, -0.05) is 0 Å². The number of carbonyl (C=O) groups is 1. The molecule has 9 heteroatoms. The first-order valence-electron chi connectivity index (χ1n) is 8.14. The van der Waals surface area contributed by atoms with Gasteiger partial charge in [0.15, 0.2) is 0 Å². The van der Waals surface area contributed by atoms with Crippen molar-refractivity contribution in [2.75, 3.05) is 0 Å². The van der Waals surface area contributed by atoms with Crippen molar-refractivity contribution >= 4 is 16.8 Å². The molecule has 146 valence electrons. The molecule has 28 heavy (non-hydrogen) atoms. The number of hydrogen-bond acceptors (Lipinski definition) is 4. The first-order valence-corrected chi connectivity index (χ1v) is 8.14. The van der Waals surface area contributed by atoms with Crippen molar-refractivity contribution in [2.24, 2.45) is 0 Å². The smallest absolute Gasteiger partial charge is 0.252 e. The van der Waals surface area contributed by atoms with Crippen LogP contribution < -0.4 is 10.9 Å². The molecule has 2 aromatic heterocycles. The van der Waals surface area contributed by atoms with E-state index in [0.717, 1.165) is 12.1 Å².